The zero-order valence-corrected chi connectivity index (χ0v) is 38.8. The molecule has 17 nitrogen and oxygen atoms in total. The van der Waals surface area contributed by atoms with Gasteiger partial charge < -0.3 is 45.2 Å². The lowest BCUT2D eigenvalue weighted by Crippen LogP contribution is -2.50. The van der Waals surface area contributed by atoms with Crippen LogP contribution >= 0.6 is 34.8 Å². The van der Waals surface area contributed by atoms with Crippen LogP contribution in [-0.2, 0) is 9.47 Å². The van der Waals surface area contributed by atoms with Gasteiger partial charge in [-0.25, -0.2) is 24.1 Å². The summed E-state index contributed by atoms with van der Waals surface area (Å²) in [6.07, 6.45) is 6.60. The summed E-state index contributed by atoms with van der Waals surface area (Å²) in [5, 5.41) is 27.8. The molecule has 4 N–H and O–H groups in total. The summed E-state index contributed by atoms with van der Waals surface area (Å²) in [7, 11) is 1.00. The van der Waals surface area contributed by atoms with Crippen molar-refractivity contribution in [3.8, 4) is 0 Å². The van der Waals surface area contributed by atoms with E-state index in [9.17, 15) is 9.59 Å². The molecule has 2 atom stereocenters. The second-order valence-electron chi connectivity index (χ2n) is 17.2. The van der Waals surface area contributed by atoms with E-state index in [1.807, 2.05) is 64.3 Å². The number of ether oxygens (including phenoxy) is 2. The van der Waals surface area contributed by atoms with Crippen LogP contribution in [0.5, 0.6) is 0 Å². The zero-order chi connectivity index (χ0) is 44.3. The van der Waals surface area contributed by atoms with Crippen molar-refractivity contribution in [3.63, 3.8) is 0 Å². The normalized spacial score (nSPS) is 19.8. The first-order valence-corrected chi connectivity index (χ1v) is 22.3. The molecule has 4 aliphatic heterocycles. The van der Waals surface area contributed by atoms with Crippen molar-refractivity contribution in [2.24, 2.45) is 0 Å². The van der Waals surface area contributed by atoms with Gasteiger partial charge in [0.05, 0.1) is 23.5 Å². The lowest BCUT2D eigenvalue weighted by atomic mass is 10.0. The topological polar surface area (TPSA) is 179 Å². The lowest BCUT2D eigenvalue weighted by Gasteiger charge is -2.36. The van der Waals surface area contributed by atoms with Crippen LogP contribution in [0.3, 0.4) is 0 Å². The maximum atomic E-state index is 12.3. The van der Waals surface area contributed by atoms with Crippen molar-refractivity contribution in [2.75, 3.05) is 77.5 Å². The van der Waals surface area contributed by atoms with Crippen LogP contribution in [0.25, 0.3) is 11.3 Å². The Kier molecular flexibility index (Phi) is 17.5. The molecule has 0 bridgehead atoms. The number of nitrogens with zero attached hydrogens (tertiary/aromatic N) is 9. The molecule has 20 heteroatoms. The molecule has 0 radical (unpaired) electrons. The smallest absolute Gasteiger partial charge is 0.410 e. The third kappa shape index (κ3) is 14.1. The second kappa shape index (κ2) is 22.1. The number of aliphatic hydroxyl groups is 1. The number of piperazine rings is 2. The van der Waals surface area contributed by atoms with Gasteiger partial charge in [-0.1, -0.05) is 47.6 Å². The number of rotatable bonds is 3. The van der Waals surface area contributed by atoms with Gasteiger partial charge in [-0.05, 0) is 80.3 Å². The Morgan fingerprint density at radius 2 is 1.10 bits per heavy atom. The fourth-order valence-corrected chi connectivity index (χ4v) is 7.92. The Labute approximate surface area is 373 Å². The third-order valence-corrected chi connectivity index (χ3v) is 10.8. The molecule has 0 saturated carbocycles. The minimum atomic E-state index is -0.488. The van der Waals surface area contributed by atoms with E-state index in [-0.39, 0.29) is 23.8 Å². The standard InChI is InChI=1S/C20H29ClN6O2.C11H12Cl2N4.C9H18N2O2.CH4O/c1-20(2,3)29-19(28)26-10-8-25(9-11-26)18-13-16(21)23-17-12-15(24-27(17)18)14-6-4-5-7-22-14;12-9-6-10(13)17-11(15-9)5-8(16-17)7-3-1-2-4-14-7;1-9(2,3)13-8(12)11-6-4-10-5-7-11;1-2/h12-14,22H,4-11H2,1-3H3;5-7,14H,1-4H2;10H,4-7H2,1-3H3;2H,1H3/t14-;7-;;/m00../s1. The highest BCUT2D eigenvalue weighted by Gasteiger charge is 2.28. The molecule has 4 fully saturated rings. The Morgan fingerprint density at radius 1 is 0.639 bits per heavy atom. The van der Waals surface area contributed by atoms with E-state index in [1.54, 1.807) is 20.4 Å². The molecule has 0 spiro atoms. The van der Waals surface area contributed by atoms with E-state index in [0.29, 0.717) is 53.3 Å². The maximum Gasteiger partial charge on any atom is 0.410 e. The highest BCUT2D eigenvalue weighted by Crippen LogP contribution is 2.28. The molecule has 338 valence electrons. The molecule has 0 unspecified atom stereocenters. The number of carbonyl (C=O) groups is 2. The first-order chi connectivity index (χ1) is 29.0. The predicted molar refractivity (Wildman–Crippen MR) is 239 cm³/mol. The summed E-state index contributed by atoms with van der Waals surface area (Å²) in [5.74, 6) is 0.908. The molecule has 4 aromatic heterocycles. The van der Waals surface area contributed by atoms with Gasteiger partial charge in [0.2, 0.25) is 0 Å². The maximum absolute atomic E-state index is 12.3. The highest BCUT2D eigenvalue weighted by molar-refractivity contribution is 6.33. The molecular weight excluding hydrogens is 847 g/mol. The number of aliphatic hydroxyl groups excluding tert-OH is 1. The monoisotopic (exact) mass is 908 g/mol. The summed E-state index contributed by atoms with van der Waals surface area (Å²) in [6, 6.07) is 7.99. The summed E-state index contributed by atoms with van der Waals surface area (Å²) in [6.45, 7) is 19.1. The molecule has 8 heterocycles. The molecule has 4 aromatic rings. The number of hydrogen-bond acceptors (Lipinski definition) is 13. The van der Waals surface area contributed by atoms with Crippen molar-refractivity contribution in [1.29, 1.82) is 0 Å². The minimum Gasteiger partial charge on any atom is -0.444 e. The molecule has 2 amide bonds. The van der Waals surface area contributed by atoms with Crippen LogP contribution < -0.4 is 20.9 Å². The second-order valence-corrected chi connectivity index (χ2v) is 18.4. The molecular formula is C41H63Cl3N12O5. The number of carbonyl (C=O) groups excluding carboxylic acids is 2. The largest absolute Gasteiger partial charge is 0.444 e. The Morgan fingerprint density at radius 3 is 1.57 bits per heavy atom. The number of aromatic nitrogens is 6. The van der Waals surface area contributed by atoms with Gasteiger partial charge >= 0.3 is 12.2 Å². The highest BCUT2D eigenvalue weighted by atomic mass is 35.5. The summed E-state index contributed by atoms with van der Waals surface area (Å²) >= 11 is 18.2. The molecule has 4 aliphatic rings. The van der Waals surface area contributed by atoms with Crippen LogP contribution in [0.15, 0.2) is 24.3 Å². The zero-order valence-electron chi connectivity index (χ0n) is 36.5. The first kappa shape index (κ1) is 48.3. The van der Waals surface area contributed by atoms with E-state index >= 15 is 0 Å². The number of piperidine rings is 2. The van der Waals surface area contributed by atoms with Crippen molar-refractivity contribution >= 4 is 64.1 Å². The molecule has 0 aliphatic carbocycles. The Bertz CT molecular complexity index is 2030. The van der Waals surface area contributed by atoms with Crippen LogP contribution in [0.4, 0.5) is 15.4 Å². The SMILES string of the molecule is CC(C)(C)OC(=O)N1CCN(c2cc(Cl)nc3cc([C@@H]4CCCCN4)nn23)CC1.CC(C)(C)OC(=O)N1CCNCC1.CO.Clc1cc(Cl)n2nc([C@@H]3CCCCN3)cc2n1. The fraction of sp³-hybridized carbons (Fsp3) is 0.659. The van der Waals surface area contributed by atoms with Gasteiger partial charge in [-0.15, -0.1) is 0 Å². The van der Waals surface area contributed by atoms with Gasteiger partial charge in [0.25, 0.3) is 0 Å². The molecule has 0 aromatic carbocycles. The number of fused-ring (bicyclic) bond motifs is 2. The average Bonchev–Trinajstić information content (AvgIpc) is 3.87. The Hall–Kier alpha value is -3.71. The molecule has 8 rings (SSSR count). The minimum absolute atomic E-state index is 0.200. The van der Waals surface area contributed by atoms with Gasteiger partial charge in [0, 0.05) is 83.7 Å². The van der Waals surface area contributed by atoms with Crippen LogP contribution in [0, 0.1) is 0 Å². The van der Waals surface area contributed by atoms with E-state index in [4.69, 9.17) is 54.5 Å². The summed E-state index contributed by atoms with van der Waals surface area (Å²) < 4.78 is 14.2. The van der Waals surface area contributed by atoms with Crippen LogP contribution in [0.1, 0.15) is 104 Å². The van der Waals surface area contributed by atoms with Gasteiger partial charge in [-0.2, -0.15) is 14.7 Å². The van der Waals surface area contributed by atoms with Crippen molar-refractivity contribution in [2.45, 2.75) is 103 Å². The number of anilines is 1. The fourth-order valence-electron chi connectivity index (χ4n) is 7.27. The summed E-state index contributed by atoms with van der Waals surface area (Å²) in [5.41, 5.74) is 2.57. The van der Waals surface area contributed by atoms with Crippen LogP contribution in [-0.4, -0.2) is 140 Å². The predicted octanol–water partition coefficient (Wildman–Crippen LogP) is 6.54. The van der Waals surface area contributed by atoms with Gasteiger partial charge in [-0.3, -0.25) is 0 Å². The number of hydrogen-bond donors (Lipinski definition) is 4. The number of halogens is 3. The third-order valence-electron chi connectivity index (χ3n) is 10.1. The Balaban J connectivity index is 0.000000186. The van der Waals surface area contributed by atoms with Gasteiger partial charge in [0.1, 0.15) is 32.5 Å². The van der Waals surface area contributed by atoms with Crippen LogP contribution in [0.2, 0.25) is 15.5 Å². The number of amides is 2. The van der Waals surface area contributed by atoms with E-state index in [0.717, 1.165) is 82.1 Å². The number of nitrogens with one attached hydrogen (secondary N) is 3. The first-order valence-electron chi connectivity index (χ1n) is 21.1. The summed E-state index contributed by atoms with van der Waals surface area (Å²) in [4.78, 5) is 38.2. The molecule has 61 heavy (non-hydrogen) atoms. The lowest BCUT2D eigenvalue weighted by molar-refractivity contribution is 0.0223. The average molecular weight is 910 g/mol. The van der Waals surface area contributed by atoms with Crippen molar-refractivity contribution in [1.82, 2.24) is 54.9 Å². The van der Waals surface area contributed by atoms with Crippen molar-refractivity contribution < 1.29 is 24.2 Å². The van der Waals surface area contributed by atoms with Gasteiger partial charge in [0.15, 0.2) is 11.3 Å². The van der Waals surface area contributed by atoms with E-state index in [2.05, 4.69) is 35.9 Å². The van der Waals surface area contributed by atoms with E-state index in [1.165, 1.54) is 25.7 Å². The quantitative estimate of drug-likeness (QED) is 0.163. The van der Waals surface area contributed by atoms with E-state index < -0.39 is 5.60 Å². The molecule has 4 saturated heterocycles. The van der Waals surface area contributed by atoms with Crippen molar-refractivity contribution in [3.05, 3.63) is 51.1 Å².